The number of nitrogens with one attached hydrogen (secondary N) is 1. The molecule has 8 heteroatoms. The van der Waals surface area contributed by atoms with Crippen LogP contribution in [0.1, 0.15) is 51.9 Å². The van der Waals surface area contributed by atoms with Gasteiger partial charge in [0.05, 0.1) is 11.4 Å². The highest BCUT2D eigenvalue weighted by Crippen LogP contribution is 2.28. The first-order chi connectivity index (χ1) is 12.4. The summed E-state index contributed by atoms with van der Waals surface area (Å²) < 4.78 is 15.5. The number of amides is 1. The van der Waals surface area contributed by atoms with E-state index in [9.17, 15) is 14.4 Å². The number of Topliss-reactive ketones (excluding diaryl/α,β-unsaturated/α-hetero) is 1. The summed E-state index contributed by atoms with van der Waals surface area (Å²) in [5.41, 5.74) is 1.38. The number of hydrogen-bond acceptors (Lipinski definition) is 7. The Morgan fingerprint density at radius 2 is 2.12 bits per heavy atom. The standard InChI is InChI=1S/C18H18N2O6/c1-9(2)17-16(10(3)20-26-17)18(23)25-7-13(21)11-4-5-14-12(6-11)19-15(22)8-24-14/h4-6,9H,7-8H2,1-3H3,(H,19,22). The van der Waals surface area contributed by atoms with Crippen LogP contribution in [-0.4, -0.2) is 36.0 Å². The van der Waals surface area contributed by atoms with Crippen LogP contribution in [0, 0.1) is 6.92 Å². The smallest absolute Gasteiger partial charge is 0.344 e. The molecular formula is C18H18N2O6. The largest absolute Gasteiger partial charge is 0.482 e. The number of rotatable bonds is 5. The number of aryl methyl sites for hydroxylation is 1. The van der Waals surface area contributed by atoms with Crippen molar-refractivity contribution in [1.29, 1.82) is 0 Å². The normalized spacial score (nSPS) is 13.0. The average molecular weight is 358 g/mol. The molecule has 8 nitrogen and oxygen atoms in total. The maximum absolute atomic E-state index is 12.3. The fourth-order valence-electron chi connectivity index (χ4n) is 2.57. The Hall–Kier alpha value is -3.16. The summed E-state index contributed by atoms with van der Waals surface area (Å²) >= 11 is 0. The molecule has 0 unspecified atom stereocenters. The van der Waals surface area contributed by atoms with Gasteiger partial charge in [0.15, 0.2) is 24.8 Å². The number of fused-ring (bicyclic) bond motifs is 1. The molecule has 0 radical (unpaired) electrons. The van der Waals surface area contributed by atoms with Gasteiger partial charge in [-0.05, 0) is 25.1 Å². The maximum Gasteiger partial charge on any atom is 0.344 e. The van der Waals surface area contributed by atoms with E-state index in [1.165, 1.54) is 6.07 Å². The Balaban J connectivity index is 1.70. The van der Waals surface area contributed by atoms with Crippen LogP contribution in [-0.2, 0) is 9.53 Å². The van der Waals surface area contributed by atoms with Crippen molar-refractivity contribution in [2.24, 2.45) is 0 Å². The van der Waals surface area contributed by atoms with Gasteiger partial charge in [0.1, 0.15) is 11.3 Å². The van der Waals surface area contributed by atoms with Crippen LogP contribution in [0.4, 0.5) is 5.69 Å². The number of ether oxygens (including phenoxy) is 2. The van der Waals surface area contributed by atoms with Crippen LogP contribution < -0.4 is 10.1 Å². The Kier molecular flexibility index (Phi) is 4.75. The van der Waals surface area contributed by atoms with E-state index in [2.05, 4.69) is 10.5 Å². The van der Waals surface area contributed by atoms with Crippen LogP contribution >= 0.6 is 0 Å². The number of ketones is 1. The molecule has 1 aromatic carbocycles. The molecule has 0 aliphatic carbocycles. The summed E-state index contributed by atoms with van der Waals surface area (Å²) in [6.45, 7) is 4.87. The predicted molar refractivity (Wildman–Crippen MR) is 90.5 cm³/mol. The third kappa shape index (κ3) is 3.44. The van der Waals surface area contributed by atoms with Crippen LogP contribution in [0.5, 0.6) is 5.75 Å². The number of carbonyl (C=O) groups excluding carboxylic acids is 3. The molecule has 1 aromatic heterocycles. The van der Waals surface area contributed by atoms with Gasteiger partial charge in [0, 0.05) is 11.5 Å². The highest BCUT2D eigenvalue weighted by Gasteiger charge is 2.25. The minimum absolute atomic E-state index is 0.0429. The lowest BCUT2D eigenvalue weighted by Crippen LogP contribution is -2.25. The van der Waals surface area contributed by atoms with Gasteiger partial charge < -0.3 is 19.3 Å². The highest BCUT2D eigenvalue weighted by molar-refractivity contribution is 6.02. The van der Waals surface area contributed by atoms with Crippen molar-refractivity contribution in [3.63, 3.8) is 0 Å². The molecule has 1 amide bonds. The van der Waals surface area contributed by atoms with Gasteiger partial charge in [-0.1, -0.05) is 19.0 Å². The molecule has 136 valence electrons. The van der Waals surface area contributed by atoms with Gasteiger partial charge in [-0.2, -0.15) is 0 Å². The lowest BCUT2D eigenvalue weighted by molar-refractivity contribution is -0.118. The number of anilines is 1. The van der Waals surface area contributed by atoms with E-state index >= 15 is 0 Å². The Morgan fingerprint density at radius 3 is 2.85 bits per heavy atom. The number of hydrogen-bond donors (Lipinski definition) is 1. The van der Waals surface area contributed by atoms with E-state index in [-0.39, 0.29) is 24.0 Å². The number of esters is 1. The molecule has 2 heterocycles. The molecule has 0 bridgehead atoms. The SMILES string of the molecule is Cc1noc(C(C)C)c1C(=O)OCC(=O)c1ccc2c(c1)NC(=O)CO2. The molecule has 1 aliphatic rings. The lowest BCUT2D eigenvalue weighted by Gasteiger charge is -2.18. The second kappa shape index (κ2) is 6.99. The fraction of sp³-hybridized carbons (Fsp3) is 0.333. The molecule has 0 saturated heterocycles. The zero-order valence-electron chi connectivity index (χ0n) is 14.6. The first-order valence-electron chi connectivity index (χ1n) is 8.10. The van der Waals surface area contributed by atoms with E-state index in [1.54, 1.807) is 19.1 Å². The maximum atomic E-state index is 12.3. The summed E-state index contributed by atoms with van der Waals surface area (Å²) in [7, 11) is 0. The third-order valence-electron chi connectivity index (χ3n) is 3.89. The number of benzene rings is 1. The molecular weight excluding hydrogens is 340 g/mol. The average Bonchev–Trinajstić information content (AvgIpc) is 3.00. The molecule has 2 aromatic rings. The highest BCUT2D eigenvalue weighted by atomic mass is 16.5. The summed E-state index contributed by atoms with van der Waals surface area (Å²) in [6.07, 6.45) is 0. The van der Waals surface area contributed by atoms with Crippen molar-refractivity contribution in [2.75, 3.05) is 18.5 Å². The molecule has 1 aliphatic heterocycles. The van der Waals surface area contributed by atoms with Crippen LogP contribution in [0.3, 0.4) is 0 Å². The summed E-state index contributed by atoms with van der Waals surface area (Å²) in [5, 5.41) is 6.41. The van der Waals surface area contributed by atoms with Crippen molar-refractivity contribution < 1.29 is 28.4 Å². The van der Waals surface area contributed by atoms with Crippen LogP contribution in [0.2, 0.25) is 0 Å². The number of nitrogens with zero attached hydrogens (tertiary/aromatic N) is 1. The minimum atomic E-state index is -0.657. The number of carbonyl (C=O) groups is 3. The van der Waals surface area contributed by atoms with Gasteiger partial charge in [0.2, 0.25) is 0 Å². The molecule has 0 saturated carbocycles. The van der Waals surface area contributed by atoms with Crippen molar-refractivity contribution >= 4 is 23.3 Å². The van der Waals surface area contributed by atoms with E-state index in [4.69, 9.17) is 14.0 Å². The van der Waals surface area contributed by atoms with E-state index in [0.717, 1.165) is 0 Å². The monoisotopic (exact) mass is 358 g/mol. The Morgan fingerprint density at radius 1 is 1.35 bits per heavy atom. The van der Waals surface area contributed by atoms with E-state index in [0.29, 0.717) is 28.5 Å². The van der Waals surface area contributed by atoms with Crippen molar-refractivity contribution in [3.8, 4) is 5.75 Å². The van der Waals surface area contributed by atoms with Crippen LogP contribution in [0.15, 0.2) is 22.7 Å². The van der Waals surface area contributed by atoms with Gasteiger partial charge in [-0.15, -0.1) is 0 Å². The molecule has 0 fully saturated rings. The Bertz CT molecular complexity index is 884. The summed E-state index contributed by atoms with van der Waals surface area (Å²) in [4.78, 5) is 36.0. The first kappa shape index (κ1) is 17.7. The van der Waals surface area contributed by atoms with Gasteiger partial charge in [0.25, 0.3) is 5.91 Å². The topological polar surface area (TPSA) is 108 Å². The van der Waals surface area contributed by atoms with E-state index < -0.39 is 18.4 Å². The lowest BCUT2D eigenvalue weighted by atomic mass is 10.1. The van der Waals surface area contributed by atoms with E-state index in [1.807, 2.05) is 13.8 Å². The zero-order chi connectivity index (χ0) is 18.8. The first-order valence-corrected chi connectivity index (χ1v) is 8.10. The molecule has 1 N–H and O–H groups in total. The number of aromatic nitrogens is 1. The van der Waals surface area contributed by atoms with Gasteiger partial charge in [-0.25, -0.2) is 4.79 Å². The third-order valence-corrected chi connectivity index (χ3v) is 3.89. The molecule has 3 rings (SSSR count). The minimum Gasteiger partial charge on any atom is -0.482 e. The van der Waals surface area contributed by atoms with Gasteiger partial charge >= 0.3 is 5.97 Å². The second-order valence-electron chi connectivity index (χ2n) is 6.21. The molecule has 0 spiro atoms. The second-order valence-corrected chi connectivity index (χ2v) is 6.21. The fourth-order valence-corrected chi connectivity index (χ4v) is 2.57. The van der Waals surface area contributed by atoms with Gasteiger partial charge in [-0.3, -0.25) is 9.59 Å². The molecule has 26 heavy (non-hydrogen) atoms. The summed E-state index contributed by atoms with van der Waals surface area (Å²) in [5.74, 6) is -0.485. The Labute approximate surface area is 149 Å². The zero-order valence-corrected chi connectivity index (χ0v) is 14.6. The van der Waals surface area contributed by atoms with Crippen LogP contribution in [0.25, 0.3) is 0 Å². The molecule has 0 atom stereocenters. The van der Waals surface area contributed by atoms with Crippen molar-refractivity contribution in [2.45, 2.75) is 26.7 Å². The summed E-state index contributed by atoms with van der Waals surface area (Å²) in [6, 6.07) is 4.63. The predicted octanol–water partition coefficient (Wildman–Crippen LogP) is 2.48. The quantitative estimate of drug-likeness (QED) is 0.646. The van der Waals surface area contributed by atoms with Crippen molar-refractivity contribution in [1.82, 2.24) is 5.16 Å². The van der Waals surface area contributed by atoms with Crippen molar-refractivity contribution in [3.05, 3.63) is 40.8 Å².